The highest BCUT2D eigenvalue weighted by Gasteiger charge is 2.20. The van der Waals surface area contributed by atoms with Gasteiger partial charge >= 0.3 is 0 Å². The van der Waals surface area contributed by atoms with Crippen molar-refractivity contribution in [3.8, 4) is 0 Å². The van der Waals surface area contributed by atoms with Crippen molar-refractivity contribution in [2.45, 2.75) is 19.4 Å². The maximum absolute atomic E-state index is 11.8. The first-order chi connectivity index (χ1) is 9.20. The lowest BCUT2D eigenvalue weighted by atomic mass is 10.1. The van der Waals surface area contributed by atoms with E-state index in [4.69, 9.17) is 5.11 Å². The molecule has 0 aliphatic carbocycles. The van der Waals surface area contributed by atoms with Crippen LogP contribution in [0.2, 0.25) is 0 Å². The summed E-state index contributed by atoms with van der Waals surface area (Å²) in [5.41, 5.74) is 1.50. The number of nitrogens with zero attached hydrogens (tertiary/aromatic N) is 1. The first kappa shape index (κ1) is 13.5. The van der Waals surface area contributed by atoms with Gasteiger partial charge in [0.05, 0.1) is 6.61 Å². The molecule has 19 heavy (non-hydrogen) atoms. The molecule has 2 rings (SSSR count). The number of likely N-dealkylation sites (tertiary alicyclic amines) is 1. The van der Waals surface area contributed by atoms with E-state index in [0.717, 1.165) is 18.5 Å². The molecule has 1 saturated heterocycles. The van der Waals surface area contributed by atoms with Crippen LogP contribution >= 0.6 is 0 Å². The number of nitrogens with one attached hydrogen (secondary N) is 1. The molecule has 0 bridgehead atoms. The molecular weight excluding hydrogens is 244 g/mol. The zero-order valence-corrected chi connectivity index (χ0v) is 10.8. The van der Waals surface area contributed by atoms with Gasteiger partial charge in [0.15, 0.2) is 0 Å². The Morgan fingerprint density at radius 2 is 2.26 bits per heavy atom. The van der Waals surface area contributed by atoms with Gasteiger partial charge in [0, 0.05) is 31.6 Å². The zero-order valence-electron chi connectivity index (χ0n) is 10.8. The third-order valence-corrected chi connectivity index (χ3v) is 3.13. The maximum atomic E-state index is 11.8. The van der Waals surface area contributed by atoms with Gasteiger partial charge in [-0.15, -0.1) is 0 Å². The summed E-state index contributed by atoms with van der Waals surface area (Å²) in [5.74, 6) is -0.0289. The molecule has 1 fully saturated rings. The van der Waals surface area contributed by atoms with Gasteiger partial charge in [0.25, 0.3) is 5.91 Å². The van der Waals surface area contributed by atoms with Crippen LogP contribution in [0.5, 0.6) is 0 Å². The van der Waals surface area contributed by atoms with Gasteiger partial charge in [0.2, 0.25) is 5.91 Å². The minimum Gasteiger partial charge on any atom is -0.395 e. The van der Waals surface area contributed by atoms with Crippen LogP contribution in [0.15, 0.2) is 24.3 Å². The van der Waals surface area contributed by atoms with E-state index in [1.54, 1.807) is 12.1 Å². The fourth-order valence-electron chi connectivity index (χ4n) is 2.17. The molecule has 1 aromatic carbocycles. The monoisotopic (exact) mass is 262 g/mol. The number of carbonyl (C=O) groups is 2. The van der Waals surface area contributed by atoms with Gasteiger partial charge in [-0.25, -0.2) is 0 Å². The quantitative estimate of drug-likeness (QED) is 0.813. The van der Waals surface area contributed by atoms with Crippen LogP contribution in [0.1, 0.15) is 28.8 Å². The molecule has 0 radical (unpaired) electrons. The van der Waals surface area contributed by atoms with Crippen molar-refractivity contribution in [2.24, 2.45) is 0 Å². The second-order valence-corrected chi connectivity index (χ2v) is 4.60. The van der Waals surface area contributed by atoms with E-state index < -0.39 is 0 Å². The summed E-state index contributed by atoms with van der Waals surface area (Å²) in [6, 6.07) is 7.23. The summed E-state index contributed by atoms with van der Waals surface area (Å²) in [6.45, 7) is 1.51. The fourth-order valence-corrected chi connectivity index (χ4v) is 2.17. The topological polar surface area (TPSA) is 69.6 Å². The van der Waals surface area contributed by atoms with E-state index in [-0.39, 0.29) is 25.0 Å². The van der Waals surface area contributed by atoms with Crippen molar-refractivity contribution in [1.82, 2.24) is 10.2 Å². The molecule has 0 spiro atoms. The molecule has 2 N–H and O–H groups in total. The number of aliphatic hydroxyl groups is 1. The third-order valence-electron chi connectivity index (χ3n) is 3.13. The number of benzene rings is 1. The van der Waals surface area contributed by atoms with Crippen LogP contribution in [0.3, 0.4) is 0 Å². The van der Waals surface area contributed by atoms with Crippen LogP contribution < -0.4 is 5.32 Å². The van der Waals surface area contributed by atoms with Crippen molar-refractivity contribution >= 4 is 11.8 Å². The molecule has 0 unspecified atom stereocenters. The largest absolute Gasteiger partial charge is 0.395 e. The predicted octanol–water partition coefficient (Wildman–Crippen LogP) is 0.531. The lowest BCUT2D eigenvalue weighted by molar-refractivity contribution is -0.128. The van der Waals surface area contributed by atoms with Gasteiger partial charge in [-0.3, -0.25) is 9.59 Å². The van der Waals surface area contributed by atoms with Crippen molar-refractivity contribution in [1.29, 1.82) is 0 Å². The number of amides is 2. The highest BCUT2D eigenvalue weighted by molar-refractivity contribution is 5.94. The number of hydrogen-bond donors (Lipinski definition) is 2. The highest BCUT2D eigenvalue weighted by Crippen LogP contribution is 2.15. The standard InChI is InChI=1S/C14H18N2O3/c17-8-6-15-14(19)12-4-1-3-11(9-12)10-16-7-2-5-13(16)18/h1,3-4,9,17H,2,5-8,10H2,(H,15,19). The fraction of sp³-hybridized carbons (Fsp3) is 0.429. The van der Waals surface area contributed by atoms with E-state index in [1.165, 1.54) is 0 Å². The average molecular weight is 262 g/mol. The summed E-state index contributed by atoms with van der Waals surface area (Å²) in [4.78, 5) is 25.1. The van der Waals surface area contributed by atoms with Crippen LogP contribution in [-0.2, 0) is 11.3 Å². The van der Waals surface area contributed by atoms with Gasteiger partial charge < -0.3 is 15.3 Å². The summed E-state index contributed by atoms with van der Waals surface area (Å²) < 4.78 is 0. The molecule has 1 heterocycles. The molecule has 102 valence electrons. The molecule has 1 aromatic rings. The van der Waals surface area contributed by atoms with Crippen molar-refractivity contribution < 1.29 is 14.7 Å². The first-order valence-corrected chi connectivity index (χ1v) is 6.46. The first-order valence-electron chi connectivity index (χ1n) is 6.46. The molecule has 1 aliphatic heterocycles. The van der Waals surface area contributed by atoms with E-state index in [9.17, 15) is 9.59 Å². The van der Waals surface area contributed by atoms with E-state index >= 15 is 0 Å². The Morgan fingerprint density at radius 1 is 1.42 bits per heavy atom. The van der Waals surface area contributed by atoms with E-state index in [2.05, 4.69) is 5.32 Å². The Morgan fingerprint density at radius 3 is 2.95 bits per heavy atom. The second-order valence-electron chi connectivity index (χ2n) is 4.60. The van der Waals surface area contributed by atoms with E-state index in [1.807, 2.05) is 17.0 Å². The predicted molar refractivity (Wildman–Crippen MR) is 70.5 cm³/mol. The van der Waals surface area contributed by atoms with Crippen molar-refractivity contribution in [3.63, 3.8) is 0 Å². The molecule has 5 nitrogen and oxygen atoms in total. The molecule has 0 saturated carbocycles. The Hall–Kier alpha value is -1.88. The molecule has 5 heteroatoms. The Balaban J connectivity index is 2.02. The molecular formula is C14H18N2O3. The van der Waals surface area contributed by atoms with Gasteiger partial charge in [0.1, 0.15) is 0 Å². The highest BCUT2D eigenvalue weighted by atomic mass is 16.3. The lowest BCUT2D eigenvalue weighted by Gasteiger charge is -2.15. The third kappa shape index (κ3) is 3.54. The molecule has 2 amide bonds. The van der Waals surface area contributed by atoms with Crippen LogP contribution in [0.4, 0.5) is 0 Å². The summed E-state index contributed by atoms with van der Waals surface area (Å²) >= 11 is 0. The second kappa shape index (κ2) is 6.33. The maximum Gasteiger partial charge on any atom is 0.251 e. The van der Waals surface area contributed by atoms with Gasteiger partial charge in [-0.1, -0.05) is 12.1 Å². The SMILES string of the molecule is O=C(NCCO)c1cccc(CN2CCCC2=O)c1. The Labute approximate surface area is 112 Å². The molecule has 0 aromatic heterocycles. The minimum absolute atomic E-state index is 0.0757. The zero-order chi connectivity index (χ0) is 13.7. The number of carbonyl (C=O) groups excluding carboxylic acids is 2. The minimum atomic E-state index is -0.205. The molecule has 0 atom stereocenters. The summed E-state index contributed by atoms with van der Waals surface area (Å²) in [5, 5.41) is 11.3. The summed E-state index contributed by atoms with van der Waals surface area (Å²) in [6.07, 6.45) is 1.53. The van der Waals surface area contributed by atoms with Crippen LogP contribution in [0.25, 0.3) is 0 Å². The number of hydrogen-bond acceptors (Lipinski definition) is 3. The molecule has 1 aliphatic rings. The number of rotatable bonds is 5. The van der Waals surface area contributed by atoms with Crippen LogP contribution in [-0.4, -0.2) is 41.5 Å². The van der Waals surface area contributed by atoms with Crippen LogP contribution in [0, 0.1) is 0 Å². The lowest BCUT2D eigenvalue weighted by Crippen LogP contribution is -2.27. The summed E-state index contributed by atoms with van der Waals surface area (Å²) in [7, 11) is 0. The van der Waals surface area contributed by atoms with Gasteiger partial charge in [-0.2, -0.15) is 0 Å². The smallest absolute Gasteiger partial charge is 0.251 e. The number of aliphatic hydroxyl groups excluding tert-OH is 1. The van der Waals surface area contributed by atoms with Crippen molar-refractivity contribution in [2.75, 3.05) is 19.7 Å². The Bertz CT molecular complexity index is 474. The Kier molecular flexibility index (Phi) is 4.52. The van der Waals surface area contributed by atoms with E-state index in [0.29, 0.717) is 18.5 Å². The average Bonchev–Trinajstić information content (AvgIpc) is 2.82. The van der Waals surface area contributed by atoms with Gasteiger partial charge in [-0.05, 0) is 24.1 Å². The normalized spacial score (nSPS) is 14.8. The van der Waals surface area contributed by atoms with Crippen molar-refractivity contribution in [3.05, 3.63) is 35.4 Å².